The second kappa shape index (κ2) is 4.51. The molecule has 1 N–H and O–H groups in total. The Balaban J connectivity index is 1.92. The van der Waals surface area contributed by atoms with E-state index in [0.29, 0.717) is 6.04 Å². The van der Waals surface area contributed by atoms with Crippen molar-refractivity contribution >= 4 is 17.3 Å². The van der Waals surface area contributed by atoms with Gasteiger partial charge in [-0.3, -0.25) is 0 Å². The normalized spacial score (nSPS) is 19.4. The van der Waals surface area contributed by atoms with Crippen LogP contribution in [0.5, 0.6) is 0 Å². The number of hydrogen-bond acceptors (Lipinski definition) is 2. The van der Waals surface area contributed by atoms with Gasteiger partial charge in [0.25, 0.3) is 0 Å². The van der Waals surface area contributed by atoms with Crippen LogP contribution in [0.4, 0.5) is 5.69 Å². The molecule has 0 amide bonds. The maximum absolute atomic E-state index is 9.46. The van der Waals surface area contributed by atoms with Gasteiger partial charge in [-0.2, -0.15) is 0 Å². The van der Waals surface area contributed by atoms with Crippen LogP contribution in [-0.2, 0) is 6.61 Å². The molecule has 92 valence electrons. The minimum absolute atomic E-state index is 0.0732. The molecule has 3 heteroatoms. The highest BCUT2D eigenvalue weighted by molar-refractivity contribution is 6.33. The fourth-order valence-corrected chi connectivity index (χ4v) is 2.70. The zero-order valence-electron chi connectivity index (χ0n) is 9.90. The van der Waals surface area contributed by atoms with Gasteiger partial charge in [-0.15, -0.1) is 0 Å². The predicted molar refractivity (Wildman–Crippen MR) is 70.5 cm³/mol. The minimum Gasteiger partial charge on any atom is -0.392 e. The second-order valence-electron chi connectivity index (χ2n) is 5.23. The Morgan fingerprint density at radius 2 is 2.00 bits per heavy atom. The Morgan fingerprint density at radius 1 is 1.24 bits per heavy atom. The third-order valence-electron chi connectivity index (χ3n) is 3.67. The largest absolute Gasteiger partial charge is 0.392 e. The number of nitrogens with zero attached hydrogens (tertiary/aromatic N) is 1. The lowest BCUT2D eigenvalue weighted by atomic mass is 10.1. The topological polar surface area (TPSA) is 23.5 Å². The van der Waals surface area contributed by atoms with Gasteiger partial charge in [0.1, 0.15) is 0 Å². The summed E-state index contributed by atoms with van der Waals surface area (Å²) < 4.78 is 0. The summed E-state index contributed by atoms with van der Waals surface area (Å²) in [7, 11) is 0. The van der Waals surface area contributed by atoms with E-state index in [-0.39, 0.29) is 6.61 Å². The molecule has 0 unspecified atom stereocenters. The summed E-state index contributed by atoms with van der Waals surface area (Å²) in [4.78, 5) is 2.44. The summed E-state index contributed by atoms with van der Waals surface area (Å²) in [5.41, 5.74) is 2.04. The summed E-state index contributed by atoms with van der Waals surface area (Å²) in [6.45, 7) is 1.19. The molecule has 0 aromatic heterocycles. The van der Waals surface area contributed by atoms with Crippen LogP contribution in [0.3, 0.4) is 0 Å². The van der Waals surface area contributed by atoms with Crippen LogP contribution < -0.4 is 4.90 Å². The highest BCUT2D eigenvalue weighted by Crippen LogP contribution is 2.41. The lowest BCUT2D eigenvalue weighted by molar-refractivity contribution is 0.282. The predicted octanol–water partition coefficient (Wildman–Crippen LogP) is 3.21. The molecule has 2 fully saturated rings. The SMILES string of the molecule is OCc1cccc(Cl)c1N(CC1CC1)C1CC1. The average molecular weight is 252 g/mol. The zero-order chi connectivity index (χ0) is 11.8. The molecule has 0 heterocycles. The highest BCUT2D eigenvalue weighted by atomic mass is 35.5. The molecule has 0 spiro atoms. The summed E-state index contributed by atoms with van der Waals surface area (Å²) in [5.74, 6) is 0.846. The van der Waals surface area contributed by atoms with E-state index in [1.165, 1.54) is 25.7 Å². The maximum atomic E-state index is 9.46. The standard InChI is InChI=1S/C14H18ClNO/c15-13-3-1-2-11(9-17)14(13)16(12-6-7-12)8-10-4-5-10/h1-3,10,12,17H,4-9H2. The van der Waals surface area contributed by atoms with Crippen molar-refractivity contribution in [3.05, 3.63) is 28.8 Å². The number of aliphatic hydroxyl groups excluding tert-OH is 1. The molecule has 2 aliphatic rings. The molecule has 0 saturated heterocycles. The van der Waals surface area contributed by atoms with Gasteiger partial charge in [0, 0.05) is 18.2 Å². The second-order valence-corrected chi connectivity index (χ2v) is 5.64. The average Bonchev–Trinajstić information content (AvgIpc) is 3.17. The molecule has 2 saturated carbocycles. The fourth-order valence-electron chi connectivity index (χ4n) is 2.40. The van der Waals surface area contributed by atoms with E-state index in [2.05, 4.69) is 4.90 Å². The summed E-state index contributed by atoms with van der Waals surface area (Å²) in [6.07, 6.45) is 5.23. The number of para-hydroxylation sites is 1. The zero-order valence-corrected chi connectivity index (χ0v) is 10.7. The first-order valence-electron chi connectivity index (χ1n) is 6.44. The van der Waals surface area contributed by atoms with Crippen molar-refractivity contribution in [1.82, 2.24) is 0 Å². The van der Waals surface area contributed by atoms with Gasteiger partial charge in [-0.05, 0) is 37.7 Å². The molecule has 0 aliphatic heterocycles. The number of benzene rings is 1. The smallest absolute Gasteiger partial charge is 0.0702 e. The van der Waals surface area contributed by atoms with Gasteiger partial charge < -0.3 is 10.0 Å². The van der Waals surface area contributed by atoms with Crippen LogP contribution in [0, 0.1) is 5.92 Å². The van der Waals surface area contributed by atoms with Crippen molar-refractivity contribution in [3.63, 3.8) is 0 Å². The van der Waals surface area contributed by atoms with Crippen LogP contribution in [0.2, 0.25) is 5.02 Å². The van der Waals surface area contributed by atoms with Gasteiger partial charge in [0.05, 0.1) is 17.3 Å². The van der Waals surface area contributed by atoms with Crippen molar-refractivity contribution in [1.29, 1.82) is 0 Å². The van der Waals surface area contributed by atoms with E-state index >= 15 is 0 Å². The van der Waals surface area contributed by atoms with Crippen molar-refractivity contribution in [3.8, 4) is 0 Å². The van der Waals surface area contributed by atoms with Crippen molar-refractivity contribution in [2.24, 2.45) is 5.92 Å². The minimum atomic E-state index is 0.0732. The van der Waals surface area contributed by atoms with E-state index in [1.807, 2.05) is 18.2 Å². The molecule has 17 heavy (non-hydrogen) atoms. The molecule has 3 rings (SSSR count). The number of anilines is 1. The Morgan fingerprint density at radius 3 is 2.59 bits per heavy atom. The van der Waals surface area contributed by atoms with E-state index in [0.717, 1.165) is 28.7 Å². The Kier molecular flexibility index (Phi) is 3.01. The number of hydrogen-bond donors (Lipinski definition) is 1. The molecule has 2 nitrogen and oxygen atoms in total. The van der Waals surface area contributed by atoms with E-state index in [9.17, 15) is 5.11 Å². The third kappa shape index (κ3) is 2.43. The molecule has 0 bridgehead atoms. The molecule has 1 aromatic rings. The first-order chi connectivity index (χ1) is 8.29. The van der Waals surface area contributed by atoms with Crippen LogP contribution in [-0.4, -0.2) is 17.7 Å². The third-order valence-corrected chi connectivity index (χ3v) is 3.97. The molecular weight excluding hydrogens is 234 g/mol. The summed E-state index contributed by atoms with van der Waals surface area (Å²) >= 11 is 6.33. The van der Waals surface area contributed by atoms with Gasteiger partial charge >= 0.3 is 0 Å². The van der Waals surface area contributed by atoms with Crippen LogP contribution in [0.1, 0.15) is 31.2 Å². The van der Waals surface area contributed by atoms with E-state index < -0.39 is 0 Å². The van der Waals surface area contributed by atoms with Gasteiger partial charge in [-0.25, -0.2) is 0 Å². The van der Waals surface area contributed by atoms with Crippen molar-refractivity contribution in [2.75, 3.05) is 11.4 Å². The Hall–Kier alpha value is -0.730. The van der Waals surface area contributed by atoms with Crippen molar-refractivity contribution < 1.29 is 5.11 Å². The number of rotatable bonds is 5. The maximum Gasteiger partial charge on any atom is 0.0702 e. The quantitative estimate of drug-likeness (QED) is 0.869. The molecule has 0 radical (unpaired) electrons. The van der Waals surface area contributed by atoms with Crippen LogP contribution in [0.25, 0.3) is 0 Å². The molecule has 0 atom stereocenters. The first kappa shape index (κ1) is 11.4. The summed E-state index contributed by atoms with van der Waals surface area (Å²) in [5, 5.41) is 10.2. The van der Waals surface area contributed by atoms with E-state index in [4.69, 9.17) is 11.6 Å². The van der Waals surface area contributed by atoms with Gasteiger partial charge in [-0.1, -0.05) is 23.7 Å². The Labute approximate surface area is 107 Å². The monoisotopic (exact) mass is 251 g/mol. The highest BCUT2D eigenvalue weighted by Gasteiger charge is 2.35. The van der Waals surface area contributed by atoms with Crippen molar-refractivity contribution in [2.45, 2.75) is 38.3 Å². The molecular formula is C14H18ClNO. The number of aliphatic hydroxyl groups is 1. The van der Waals surface area contributed by atoms with Gasteiger partial charge in [0.2, 0.25) is 0 Å². The summed E-state index contributed by atoms with van der Waals surface area (Å²) in [6, 6.07) is 6.47. The fraction of sp³-hybridized carbons (Fsp3) is 0.571. The lowest BCUT2D eigenvalue weighted by Crippen LogP contribution is -2.29. The van der Waals surface area contributed by atoms with Crippen LogP contribution >= 0.6 is 11.6 Å². The number of halogens is 1. The molecule has 1 aromatic carbocycles. The Bertz CT molecular complexity index is 413. The van der Waals surface area contributed by atoms with E-state index in [1.54, 1.807) is 0 Å². The lowest BCUT2D eigenvalue weighted by Gasteiger charge is -2.28. The first-order valence-corrected chi connectivity index (χ1v) is 6.82. The van der Waals surface area contributed by atoms with Gasteiger partial charge in [0.15, 0.2) is 0 Å². The van der Waals surface area contributed by atoms with Crippen LogP contribution in [0.15, 0.2) is 18.2 Å². The molecule has 2 aliphatic carbocycles.